The van der Waals surface area contributed by atoms with Crippen LogP contribution in [0.5, 0.6) is 0 Å². The average molecular weight is 431 g/mol. The van der Waals surface area contributed by atoms with Gasteiger partial charge in [-0.3, -0.25) is 4.79 Å². The minimum atomic E-state index is -0.343. The Hall–Kier alpha value is -3.44. The number of methoxy groups -OCH3 is 1. The number of benzene rings is 3. The summed E-state index contributed by atoms with van der Waals surface area (Å²) in [6.45, 7) is 1.88. The normalized spacial score (nSPS) is 10.5. The number of unbranched alkanes of at least 4 members (excludes halogenated alkanes) is 1. The second-order valence-corrected chi connectivity index (χ2v) is 7.65. The number of rotatable bonds is 11. The first-order chi connectivity index (χ1) is 15.7. The molecule has 5 heteroatoms. The van der Waals surface area contributed by atoms with Gasteiger partial charge in [0.05, 0.1) is 12.7 Å². The minimum absolute atomic E-state index is 0.0375. The second kappa shape index (κ2) is 12.4. The van der Waals surface area contributed by atoms with Gasteiger partial charge < -0.3 is 15.4 Å². The fraction of sp³-hybridized carbons (Fsp3) is 0.259. The predicted octanol–water partition coefficient (Wildman–Crippen LogP) is 4.52. The van der Waals surface area contributed by atoms with E-state index in [-0.39, 0.29) is 11.9 Å². The van der Waals surface area contributed by atoms with Crippen LogP contribution in [0.25, 0.3) is 0 Å². The van der Waals surface area contributed by atoms with E-state index in [1.54, 1.807) is 12.1 Å². The molecular weight excluding hydrogens is 400 g/mol. The van der Waals surface area contributed by atoms with Gasteiger partial charge in [0.2, 0.25) is 0 Å². The van der Waals surface area contributed by atoms with E-state index in [2.05, 4.69) is 34.9 Å². The van der Waals surface area contributed by atoms with Gasteiger partial charge in [-0.15, -0.1) is 0 Å². The Morgan fingerprint density at radius 1 is 0.781 bits per heavy atom. The Morgan fingerprint density at radius 2 is 1.50 bits per heavy atom. The number of hydrogen-bond acceptors (Lipinski definition) is 4. The van der Waals surface area contributed by atoms with E-state index in [0.29, 0.717) is 30.8 Å². The highest BCUT2D eigenvalue weighted by molar-refractivity contribution is 5.95. The highest BCUT2D eigenvalue weighted by atomic mass is 16.5. The molecule has 5 nitrogen and oxygen atoms in total. The van der Waals surface area contributed by atoms with E-state index in [9.17, 15) is 9.59 Å². The largest absolute Gasteiger partial charge is 0.465 e. The molecule has 32 heavy (non-hydrogen) atoms. The third kappa shape index (κ3) is 7.06. The van der Waals surface area contributed by atoms with Crippen LogP contribution in [0.3, 0.4) is 0 Å². The summed E-state index contributed by atoms with van der Waals surface area (Å²) in [4.78, 5) is 24.2. The quantitative estimate of drug-likeness (QED) is 0.347. The number of hydrogen-bond donors (Lipinski definition) is 2. The maximum absolute atomic E-state index is 12.7. The molecule has 1 amide bonds. The maximum atomic E-state index is 12.7. The van der Waals surface area contributed by atoms with Gasteiger partial charge in [0.1, 0.15) is 0 Å². The monoisotopic (exact) mass is 430 g/mol. The van der Waals surface area contributed by atoms with E-state index in [1.165, 1.54) is 12.7 Å². The zero-order valence-electron chi connectivity index (χ0n) is 18.5. The molecule has 3 aromatic rings. The van der Waals surface area contributed by atoms with E-state index < -0.39 is 0 Å². The molecule has 0 radical (unpaired) electrons. The smallest absolute Gasteiger partial charge is 0.337 e. The zero-order valence-corrected chi connectivity index (χ0v) is 18.5. The summed E-state index contributed by atoms with van der Waals surface area (Å²) in [7, 11) is 1.37. The van der Waals surface area contributed by atoms with E-state index in [0.717, 1.165) is 30.4 Å². The molecule has 0 atom stereocenters. The van der Waals surface area contributed by atoms with Crippen molar-refractivity contribution in [3.05, 3.63) is 107 Å². The zero-order chi connectivity index (χ0) is 22.6. The molecule has 0 spiro atoms. The molecule has 2 N–H and O–H groups in total. The Kier molecular flexibility index (Phi) is 9.02. The van der Waals surface area contributed by atoms with E-state index >= 15 is 0 Å². The van der Waals surface area contributed by atoms with Crippen LogP contribution in [0.2, 0.25) is 0 Å². The van der Waals surface area contributed by atoms with Gasteiger partial charge in [-0.05, 0) is 54.2 Å². The topological polar surface area (TPSA) is 67.4 Å². The molecule has 0 saturated carbocycles. The fourth-order valence-corrected chi connectivity index (χ4v) is 3.51. The van der Waals surface area contributed by atoms with Gasteiger partial charge in [0.25, 0.3) is 5.91 Å². The van der Waals surface area contributed by atoms with Crippen molar-refractivity contribution in [1.82, 2.24) is 10.6 Å². The van der Waals surface area contributed by atoms with Crippen LogP contribution >= 0.6 is 0 Å². The number of amides is 1. The lowest BCUT2D eigenvalue weighted by Crippen LogP contribution is -2.26. The Morgan fingerprint density at radius 3 is 2.25 bits per heavy atom. The standard InChI is InChI=1S/C27H30N2O3/c1-32-27(31)23-16-14-22(15-17-23)19-28-20-24-12-5-6-13-25(24)26(30)29-18-8-7-11-21-9-3-2-4-10-21/h2-6,9-10,12-17,28H,7-8,11,18-20H2,1H3,(H,29,30). The number of nitrogens with one attached hydrogen (secondary N) is 2. The first-order valence-electron chi connectivity index (χ1n) is 11.0. The van der Waals surface area contributed by atoms with Crippen molar-refractivity contribution in [2.24, 2.45) is 0 Å². The SMILES string of the molecule is COC(=O)c1ccc(CNCc2ccccc2C(=O)NCCCCc2ccccc2)cc1. The van der Waals surface area contributed by atoms with E-state index in [4.69, 9.17) is 4.74 Å². The highest BCUT2D eigenvalue weighted by Crippen LogP contribution is 2.11. The summed E-state index contributed by atoms with van der Waals surface area (Å²) in [5.74, 6) is -0.381. The van der Waals surface area contributed by atoms with Crippen LogP contribution in [0.1, 0.15) is 50.2 Å². The van der Waals surface area contributed by atoms with Crippen molar-refractivity contribution >= 4 is 11.9 Å². The van der Waals surface area contributed by atoms with E-state index in [1.807, 2.05) is 42.5 Å². The van der Waals surface area contributed by atoms with Gasteiger partial charge in [-0.2, -0.15) is 0 Å². The summed E-state index contributed by atoms with van der Waals surface area (Å²) in [5, 5.41) is 6.42. The van der Waals surface area contributed by atoms with Crippen molar-refractivity contribution in [3.63, 3.8) is 0 Å². The third-order valence-electron chi connectivity index (χ3n) is 5.30. The van der Waals surface area contributed by atoms with Gasteiger partial charge in [-0.1, -0.05) is 60.7 Å². The lowest BCUT2D eigenvalue weighted by molar-refractivity contribution is 0.0600. The molecule has 0 aliphatic rings. The number of ether oxygens (including phenoxy) is 1. The summed E-state index contributed by atoms with van der Waals surface area (Å²) < 4.78 is 4.72. The van der Waals surface area contributed by atoms with Crippen LogP contribution < -0.4 is 10.6 Å². The minimum Gasteiger partial charge on any atom is -0.465 e. The van der Waals surface area contributed by atoms with Crippen LogP contribution in [-0.2, 0) is 24.2 Å². The molecule has 0 fully saturated rings. The number of carbonyl (C=O) groups excluding carboxylic acids is 2. The summed E-state index contributed by atoms with van der Waals surface area (Å²) >= 11 is 0. The van der Waals surface area contributed by atoms with Gasteiger partial charge in [-0.25, -0.2) is 4.79 Å². The van der Waals surface area contributed by atoms with Crippen LogP contribution in [0, 0.1) is 0 Å². The number of carbonyl (C=O) groups is 2. The molecule has 0 saturated heterocycles. The average Bonchev–Trinajstić information content (AvgIpc) is 2.84. The molecule has 166 valence electrons. The molecule has 0 heterocycles. The molecule has 0 unspecified atom stereocenters. The van der Waals surface area contributed by atoms with Gasteiger partial charge >= 0.3 is 5.97 Å². The number of aryl methyl sites for hydroxylation is 1. The van der Waals surface area contributed by atoms with Crippen molar-refractivity contribution in [3.8, 4) is 0 Å². The number of esters is 1. The summed E-state index contributed by atoms with van der Waals surface area (Å²) in [6.07, 6.45) is 3.02. The molecule has 0 aromatic heterocycles. The summed E-state index contributed by atoms with van der Waals surface area (Å²) in [5.41, 5.74) is 4.57. The molecule has 0 aliphatic heterocycles. The Labute approximate surface area is 189 Å². The Bertz CT molecular complexity index is 1000. The van der Waals surface area contributed by atoms with Gasteiger partial charge in [0, 0.05) is 25.2 Å². The summed E-state index contributed by atoms with van der Waals surface area (Å²) in [6, 6.07) is 25.4. The second-order valence-electron chi connectivity index (χ2n) is 7.65. The van der Waals surface area contributed by atoms with Crippen molar-refractivity contribution in [2.45, 2.75) is 32.4 Å². The first kappa shape index (κ1) is 23.2. The fourth-order valence-electron chi connectivity index (χ4n) is 3.51. The van der Waals surface area contributed by atoms with Crippen molar-refractivity contribution in [1.29, 1.82) is 0 Å². The highest BCUT2D eigenvalue weighted by Gasteiger charge is 2.10. The lowest BCUT2D eigenvalue weighted by atomic mass is 10.1. The molecule has 3 rings (SSSR count). The van der Waals surface area contributed by atoms with Crippen LogP contribution in [0.15, 0.2) is 78.9 Å². The van der Waals surface area contributed by atoms with Crippen LogP contribution in [0.4, 0.5) is 0 Å². The molecule has 0 aliphatic carbocycles. The molecule has 3 aromatic carbocycles. The van der Waals surface area contributed by atoms with Crippen LogP contribution in [-0.4, -0.2) is 25.5 Å². The lowest BCUT2D eigenvalue weighted by Gasteiger charge is -2.11. The van der Waals surface area contributed by atoms with Crippen molar-refractivity contribution < 1.29 is 14.3 Å². The third-order valence-corrected chi connectivity index (χ3v) is 5.30. The maximum Gasteiger partial charge on any atom is 0.337 e. The van der Waals surface area contributed by atoms with Crippen molar-refractivity contribution in [2.75, 3.05) is 13.7 Å². The first-order valence-corrected chi connectivity index (χ1v) is 11.0. The predicted molar refractivity (Wildman–Crippen MR) is 126 cm³/mol. The molecular formula is C27H30N2O3. The molecule has 0 bridgehead atoms. The van der Waals surface area contributed by atoms with Gasteiger partial charge in [0.15, 0.2) is 0 Å². The Balaban J connectivity index is 1.44.